The van der Waals surface area contributed by atoms with Crippen LogP contribution in [0.15, 0.2) is 53.1 Å². The number of oxazole rings is 1. The van der Waals surface area contributed by atoms with Gasteiger partial charge in [-0.25, -0.2) is 9.97 Å². The fourth-order valence-corrected chi connectivity index (χ4v) is 4.02. The number of nitrogens with one attached hydrogen (secondary N) is 1. The Morgan fingerprint density at radius 2 is 2.06 bits per heavy atom. The van der Waals surface area contributed by atoms with Crippen molar-refractivity contribution in [1.29, 1.82) is 0 Å². The molecule has 172 valence electrons. The molecule has 0 saturated heterocycles. The van der Waals surface area contributed by atoms with Crippen molar-refractivity contribution >= 4 is 46.1 Å². The first-order valence-corrected chi connectivity index (χ1v) is 11.5. The van der Waals surface area contributed by atoms with Crippen molar-refractivity contribution in [3.63, 3.8) is 0 Å². The van der Waals surface area contributed by atoms with Crippen LogP contribution in [0, 0.1) is 0 Å². The molecule has 1 N–H and O–H groups in total. The number of nitrogens with zero attached hydrogens (tertiary/aromatic N) is 3. The summed E-state index contributed by atoms with van der Waals surface area (Å²) in [4.78, 5) is 21.5. The molecule has 0 aliphatic rings. The van der Waals surface area contributed by atoms with Gasteiger partial charge in [-0.1, -0.05) is 35.3 Å². The lowest BCUT2D eigenvalue weighted by atomic mass is 10.2. The third-order valence-corrected chi connectivity index (χ3v) is 5.64. The Kier molecular flexibility index (Phi) is 7.65. The molecule has 2 aromatic heterocycles. The minimum atomic E-state index is -0.166. The molecule has 0 bridgehead atoms. The van der Waals surface area contributed by atoms with Gasteiger partial charge in [0.15, 0.2) is 11.7 Å². The Labute approximate surface area is 201 Å². The number of hydrogen-bond acceptors (Lipinski definition) is 5. The summed E-state index contributed by atoms with van der Waals surface area (Å²) in [6, 6.07) is 13.0. The predicted molar refractivity (Wildman–Crippen MR) is 130 cm³/mol. The van der Waals surface area contributed by atoms with Crippen LogP contribution in [0.25, 0.3) is 22.4 Å². The Balaban J connectivity index is 1.40. The van der Waals surface area contributed by atoms with Gasteiger partial charge in [0, 0.05) is 43.2 Å². The minimum absolute atomic E-state index is 0.166. The van der Waals surface area contributed by atoms with Gasteiger partial charge in [0.05, 0.1) is 22.3 Å². The summed E-state index contributed by atoms with van der Waals surface area (Å²) in [6.45, 7) is 4.00. The first kappa shape index (κ1) is 23.3. The molecule has 0 unspecified atom stereocenters. The highest BCUT2D eigenvalue weighted by atomic mass is 35.5. The van der Waals surface area contributed by atoms with E-state index in [1.54, 1.807) is 24.4 Å². The molecule has 2 aromatic carbocycles. The Morgan fingerprint density at radius 1 is 1.21 bits per heavy atom. The molecule has 9 heteroatoms. The largest absolute Gasteiger partial charge is 0.441 e. The molecule has 4 aromatic rings. The van der Waals surface area contributed by atoms with Crippen molar-refractivity contribution in [1.82, 2.24) is 14.5 Å². The summed E-state index contributed by atoms with van der Waals surface area (Å²) in [6.07, 6.45) is 2.97. The van der Waals surface area contributed by atoms with Gasteiger partial charge < -0.3 is 13.7 Å². The highest BCUT2D eigenvalue weighted by molar-refractivity contribution is 6.36. The fraction of sp³-hybridized carbons (Fsp3) is 0.292. The third kappa shape index (κ3) is 5.74. The first-order chi connectivity index (χ1) is 16.0. The van der Waals surface area contributed by atoms with Crippen molar-refractivity contribution in [2.75, 3.05) is 18.5 Å². The van der Waals surface area contributed by atoms with E-state index in [2.05, 4.69) is 15.3 Å². The van der Waals surface area contributed by atoms with Gasteiger partial charge >= 0.3 is 0 Å². The Morgan fingerprint density at radius 3 is 2.88 bits per heavy atom. The molecule has 2 heterocycles. The van der Waals surface area contributed by atoms with Crippen molar-refractivity contribution in [3.8, 4) is 11.3 Å². The lowest BCUT2D eigenvalue weighted by Gasteiger charge is -2.10. The standard InChI is InChI=1S/C24H24Cl2N4O3/c1-2-32-13-5-12-30-20-7-4-3-6-19(20)28-24(30)29-22(31)10-11-23-27-15-21(33-23)17-9-8-16(25)14-18(17)26/h3-4,6-9,14-15H,2,5,10-13H2,1H3,(H,28,29,31). The molecule has 0 spiro atoms. The van der Waals surface area contributed by atoms with E-state index in [1.807, 2.05) is 35.8 Å². The first-order valence-electron chi connectivity index (χ1n) is 10.8. The Hall–Kier alpha value is -2.87. The normalized spacial score (nSPS) is 11.2. The number of ether oxygens (including phenoxy) is 1. The number of hydrogen-bond donors (Lipinski definition) is 1. The monoisotopic (exact) mass is 486 g/mol. The van der Waals surface area contributed by atoms with Crippen LogP contribution < -0.4 is 5.32 Å². The van der Waals surface area contributed by atoms with E-state index in [0.717, 1.165) is 17.5 Å². The highest BCUT2D eigenvalue weighted by Gasteiger charge is 2.15. The molecule has 7 nitrogen and oxygen atoms in total. The maximum Gasteiger partial charge on any atom is 0.227 e. The van der Waals surface area contributed by atoms with Crippen LogP contribution in [-0.4, -0.2) is 33.7 Å². The average molecular weight is 487 g/mol. The van der Waals surface area contributed by atoms with Gasteiger partial charge in [0.2, 0.25) is 11.9 Å². The molecule has 0 fully saturated rings. The van der Waals surface area contributed by atoms with E-state index in [4.69, 9.17) is 32.4 Å². The zero-order chi connectivity index (χ0) is 23.2. The van der Waals surface area contributed by atoms with E-state index in [1.165, 1.54) is 0 Å². The van der Waals surface area contributed by atoms with E-state index in [9.17, 15) is 4.79 Å². The fourth-order valence-electron chi connectivity index (χ4n) is 3.51. The molecule has 0 aliphatic heterocycles. The summed E-state index contributed by atoms with van der Waals surface area (Å²) in [5.41, 5.74) is 2.51. The quantitative estimate of drug-likeness (QED) is 0.278. The van der Waals surface area contributed by atoms with Crippen LogP contribution in [-0.2, 0) is 22.5 Å². The molecule has 0 aliphatic carbocycles. The molecular weight excluding hydrogens is 463 g/mol. The van der Waals surface area contributed by atoms with Crippen molar-refractivity contribution < 1.29 is 13.9 Å². The molecule has 0 saturated carbocycles. The zero-order valence-electron chi connectivity index (χ0n) is 18.2. The number of halogens is 2. The van der Waals surface area contributed by atoms with Crippen molar-refractivity contribution in [3.05, 3.63) is 64.6 Å². The van der Waals surface area contributed by atoms with Gasteiger partial charge in [-0.3, -0.25) is 10.1 Å². The Bertz CT molecular complexity index is 1250. The lowest BCUT2D eigenvalue weighted by molar-refractivity contribution is -0.116. The van der Waals surface area contributed by atoms with E-state index >= 15 is 0 Å². The second-order valence-electron chi connectivity index (χ2n) is 7.42. The summed E-state index contributed by atoms with van der Waals surface area (Å²) >= 11 is 12.2. The summed E-state index contributed by atoms with van der Waals surface area (Å²) in [5.74, 6) is 1.35. The maximum atomic E-state index is 12.7. The number of carbonyl (C=O) groups is 1. The van der Waals surface area contributed by atoms with Crippen LogP contribution in [0.5, 0.6) is 0 Å². The number of imidazole rings is 1. The number of para-hydroxylation sites is 2. The maximum absolute atomic E-state index is 12.7. The van der Waals surface area contributed by atoms with E-state index < -0.39 is 0 Å². The number of aromatic nitrogens is 3. The molecule has 33 heavy (non-hydrogen) atoms. The van der Waals surface area contributed by atoms with E-state index in [0.29, 0.717) is 59.4 Å². The number of amides is 1. The number of benzene rings is 2. The van der Waals surface area contributed by atoms with Crippen LogP contribution in [0.2, 0.25) is 10.0 Å². The van der Waals surface area contributed by atoms with E-state index in [-0.39, 0.29) is 12.3 Å². The number of aryl methyl sites for hydroxylation is 2. The summed E-state index contributed by atoms with van der Waals surface area (Å²) in [5, 5.41) is 3.96. The third-order valence-electron chi connectivity index (χ3n) is 5.10. The molecule has 1 amide bonds. The molecular formula is C24H24Cl2N4O3. The number of rotatable bonds is 10. The second kappa shape index (κ2) is 10.8. The van der Waals surface area contributed by atoms with Gasteiger partial charge in [-0.2, -0.15) is 0 Å². The summed E-state index contributed by atoms with van der Waals surface area (Å²) in [7, 11) is 0. The van der Waals surface area contributed by atoms with Crippen molar-refractivity contribution in [2.45, 2.75) is 32.7 Å². The SMILES string of the molecule is CCOCCCn1c(NC(=O)CCc2ncc(-c3ccc(Cl)cc3Cl)o2)nc2ccccc21. The smallest absolute Gasteiger partial charge is 0.227 e. The predicted octanol–water partition coefficient (Wildman–Crippen LogP) is 6.00. The number of anilines is 1. The second-order valence-corrected chi connectivity index (χ2v) is 8.26. The molecule has 0 radical (unpaired) electrons. The van der Waals surface area contributed by atoms with Crippen LogP contribution in [0.3, 0.4) is 0 Å². The van der Waals surface area contributed by atoms with Gasteiger partial charge in [-0.05, 0) is 43.7 Å². The number of fused-ring (bicyclic) bond motifs is 1. The molecule has 0 atom stereocenters. The summed E-state index contributed by atoms with van der Waals surface area (Å²) < 4.78 is 13.2. The topological polar surface area (TPSA) is 82.2 Å². The lowest BCUT2D eigenvalue weighted by Crippen LogP contribution is -2.17. The zero-order valence-corrected chi connectivity index (χ0v) is 19.7. The van der Waals surface area contributed by atoms with Crippen LogP contribution in [0.4, 0.5) is 5.95 Å². The highest BCUT2D eigenvalue weighted by Crippen LogP contribution is 2.31. The van der Waals surface area contributed by atoms with Crippen molar-refractivity contribution in [2.24, 2.45) is 0 Å². The average Bonchev–Trinajstić information content (AvgIpc) is 3.40. The minimum Gasteiger partial charge on any atom is -0.441 e. The van der Waals surface area contributed by atoms with Crippen LogP contribution in [0.1, 0.15) is 25.7 Å². The molecule has 4 rings (SSSR count). The van der Waals surface area contributed by atoms with Crippen LogP contribution >= 0.6 is 23.2 Å². The number of carbonyl (C=O) groups excluding carboxylic acids is 1. The van der Waals surface area contributed by atoms with Gasteiger partial charge in [0.25, 0.3) is 0 Å². The van der Waals surface area contributed by atoms with Gasteiger partial charge in [0.1, 0.15) is 0 Å². The van der Waals surface area contributed by atoms with Gasteiger partial charge in [-0.15, -0.1) is 0 Å².